The zero-order valence-electron chi connectivity index (χ0n) is 19.9. The van der Waals surface area contributed by atoms with Gasteiger partial charge >= 0.3 is 0 Å². The Morgan fingerprint density at radius 1 is 1.03 bits per heavy atom. The van der Waals surface area contributed by atoms with Crippen LogP contribution in [0.2, 0.25) is 0 Å². The Bertz CT molecular complexity index is 1390. The molecule has 11 heteroatoms. The topological polar surface area (TPSA) is 116 Å². The van der Waals surface area contributed by atoms with Gasteiger partial charge in [-0.2, -0.15) is 5.10 Å². The molecule has 0 atom stereocenters. The molecule has 1 aliphatic heterocycles. The summed E-state index contributed by atoms with van der Waals surface area (Å²) in [6, 6.07) is 16.2. The molecule has 3 aromatic carbocycles. The van der Waals surface area contributed by atoms with E-state index in [1.165, 1.54) is 38.6 Å². The first-order chi connectivity index (χ1) is 17.3. The second kappa shape index (κ2) is 10.6. The third-order valence-corrected chi connectivity index (χ3v) is 7.13. The van der Waals surface area contributed by atoms with Crippen molar-refractivity contribution in [3.05, 3.63) is 71.8 Å². The number of ether oxygens (including phenoxy) is 4. The van der Waals surface area contributed by atoms with Gasteiger partial charge in [-0.3, -0.25) is 9.10 Å². The van der Waals surface area contributed by atoms with Crippen molar-refractivity contribution in [3.63, 3.8) is 0 Å². The molecule has 0 spiro atoms. The highest BCUT2D eigenvalue weighted by Crippen LogP contribution is 2.35. The minimum atomic E-state index is -4.13. The van der Waals surface area contributed by atoms with Crippen LogP contribution in [0.5, 0.6) is 23.0 Å². The normalized spacial score (nSPS) is 12.4. The highest BCUT2D eigenvalue weighted by atomic mass is 32.2. The van der Waals surface area contributed by atoms with Gasteiger partial charge in [0.2, 0.25) is 6.79 Å². The Morgan fingerprint density at radius 2 is 1.78 bits per heavy atom. The van der Waals surface area contributed by atoms with Crippen LogP contribution in [0, 0.1) is 6.92 Å². The van der Waals surface area contributed by atoms with E-state index in [1.807, 2.05) is 6.92 Å². The summed E-state index contributed by atoms with van der Waals surface area (Å²) in [5.41, 5.74) is 4.12. The highest BCUT2D eigenvalue weighted by molar-refractivity contribution is 7.92. The number of carbonyl (C=O) groups excluding carboxylic acids is 1. The number of hydrogen-bond donors (Lipinski definition) is 1. The van der Waals surface area contributed by atoms with Crippen molar-refractivity contribution in [3.8, 4) is 23.0 Å². The van der Waals surface area contributed by atoms with Gasteiger partial charge in [0.15, 0.2) is 11.5 Å². The van der Waals surface area contributed by atoms with Crippen LogP contribution < -0.4 is 28.7 Å². The monoisotopic (exact) mass is 511 g/mol. The smallest absolute Gasteiger partial charge is 0.264 e. The lowest BCUT2D eigenvalue weighted by Crippen LogP contribution is -2.39. The molecule has 1 heterocycles. The number of aryl methyl sites for hydroxylation is 1. The van der Waals surface area contributed by atoms with E-state index in [0.717, 1.165) is 9.87 Å². The number of nitrogens with one attached hydrogen (secondary N) is 1. The number of anilines is 1. The Kier molecular flexibility index (Phi) is 7.30. The van der Waals surface area contributed by atoms with Crippen LogP contribution in [-0.4, -0.2) is 48.1 Å². The first-order valence-corrected chi connectivity index (χ1v) is 12.3. The van der Waals surface area contributed by atoms with E-state index < -0.39 is 22.5 Å². The van der Waals surface area contributed by atoms with Crippen molar-refractivity contribution >= 4 is 27.8 Å². The van der Waals surface area contributed by atoms with E-state index in [-0.39, 0.29) is 23.1 Å². The molecule has 36 heavy (non-hydrogen) atoms. The summed E-state index contributed by atoms with van der Waals surface area (Å²) < 4.78 is 49.4. The van der Waals surface area contributed by atoms with E-state index in [0.29, 0.717) is 22.8 Å². The molecule has 0 unspecified atom stereocenters. The summed E-state index contributed by atoms with van der Waals surface area (Å²) in [6.45, 7) is 1.45. The van der Waals surface area contributed by atoms with Crippen molar-refractivity contribution in [1.82, 2.24) is 5.43 Å². The number of carbonyl (C=O) groups is 1. The Morgan fingerprint density at radius 3 is 2.50 bits per heavy atom. The fourth-order valence-electron chi connectivity index (χ4n) is 3.47. The molecule has 0 saturated heterocycles. The van der Waals surface area contributed by atoms with Gasteiger partial charge in [-0.05, 0) is 55.0 Å². The third kappa shape index (κ3) is 5.36. The molecule has 4 rings (SSSR count). The maximum absolute atomic E-state index is 13.6. The quantitative estimate of drug-likeness (QED) is 0.347. The molecule has 0 aromatic heterocycles. The molecule has 0 saturated carbocycles. The standard InChI is InChI=1S/C25H25N3O7S/c1-17-4-8-20(9-5-17)36(30,31)28(21-10-7-19(32-2)13-23(21)33-3)15-25(29)27-26-14-18-6-11-22-24(12-18)35-16-34-22/h4-14H,15-16H2,1-3H3,(H,27,29)/b26-14-. The van der Waals surface area contributed by atoms with E-state index in [2.05, 4.69) is 10.5 Å². The maximum Gasteiger partial charge on any atom is 0.264 e. The number of methoxy groups -OCH3 is 2. The predicted octanol–water partition coefficient (Wildman–Crippen LogP) is 3.09. The summed E-state index contributed by atoms with van der Waals surface area (Å²) >= 11 is 0. The molecule has 0 bridgehead atoms. The molecule has 3 aromatic rings. The second-order valence-corrected chi connectivity index (χ2v) is 9.63. The van der Waals surface area contributed by atoms with Gasteiger partial charge in [-0.15, -0.1) is 0 Å². The van der Waals surface area contributed by atoms with Gasteiger partial charge in [0, 0.05) is 6.07 Å². The van der Waals surface area contributed by atoms with E-state index in [4.69, 9.17) is 18.9 Å². The lowest BCUT2D eigenvalue weighted by atomic mass is 10.2. The van der Waals surface area contributed by atoms with Gasteiger partial charge in [-0.1, -0.05) is 17.7 Å². The molecule has 1 amide bonds. The number of nitrogens with zero attached hydrogens (tertiary/aromatic N) is 2. The van der Waals surface area contributed by atoms with Crippen molar-refractivity contribution in [1.29, 1.82) is 0 Å². The lowest BCUT2D eigenvalue weighted by molar-refractivity contribution is -0.119. The maximum atomic E-state index is 13.6. The van der Waals surface area contributed by atoms with Crippen LogP contribution >= 0.6 is 0 Å². The number of hydrazone groups is 1. The number of hydrogen-bond acceptors (Lipinski definition) is 8. The Balaban J connectivity index is 1.60. The Hall–Kier alpha value is -4.25. The van der Waals surface area contributed by atoms with E-state index in [1.54, 1.807) is 42.5 Å². The largest absolute Gasteiger partial charge is 0.497 e. The van der Waals surface area contributed by atoms with Crippen molar-refractivity contribution in [2.24, 2.45) is 5.10 Å². The summed E-state index contributed by atoms with van der Waals surface area (Å²) in [7, 11) is -1.24. The van der Waals surface area contributed by atoms with Gasteiger partial charge in [-0.25, -0.2) is 13.8 Å². The van der Waals surface area contributed by atoms with Crippen molar-refractivity contribution in [2.45, 2.75) is 11.8 Å². The average Bonchev–Trinajstić information content (AvgIpc) is 3.35. The first-order valence-electron chi connectivity index (χ1n) is 10.8. The molecule has 1 aliphatic rings. The minimum absolute atomic E-state index is 0.0302. The number of amides is 1. The van der Waals surface area contributed by atoms with Gasteiger partial charge in [0.25, 0.3) is 15.9 Å². The number of fused-ring (bicyclic) bond motifs is 1. The van der Waals surface area contributed by atoms with Crippen LogP contribution in [0.1, 0.15) is 11.1 Å². The van der Waals surface area contributed by atoms with E-state index in [9.17, 15) is 13.2 Å². The molecular weight excluding hydrogens is 486 g/mol. The predicted molar refractivity (Wildman–Crippen MR) is 134 cm³/mol. The number of rotatable bonds is 9. The van der Waals surface area contributed by atoms with Crippen LogP contribution in [-0.2, 0) is 14.8 Å². The zero-order valence-corrected chi connectivity index (χ0v) is 20.7. The van der Waals surface area contributed by atoms with Crippen LogP contribution in [0.15, 0.2) is 70.7 Å². The minimum Gasteiger partial charge on any atom is -0.497 e. The molecule has 0 aliphatic carbocycles. The average molecular weight is 512 g/mol. The summed E-state index contributed by atoms with van der Waals surface area (Å²) in [6.07, 6.45) is 1.42. The summed E-state index contributed by atoms with van der Waals surface area (Å²) in [4.78, 5) is 12.8. The fourth-order valence-corrected chi connectivity index (χ4v) is 4.90. The zero-order chi connectivity index (χ0) is 25.7. The summed E-state index contributed by atoms with van der Waals surface area (Å²) in [5.74, 6) is 1.25. The van der Waals surface area contributed by atoms with Crippen LogP contribution in [0.25, 0.3) is 0 Å². The SMILES string of the molecule is COc1ccc(N(CC(=O)N/N=C\c2ccc3c(c2)OCO3)S(=O)(=O)c2ccc(C)cc2)c(OC)c1. The molecule has 1 N–H and O–H groups in total. The second-order valence-electron chi connectivity index (χ2n) is 7.77. The molecule has 188 valence electrons. The number of benzene rings is 3. The lowest BCUT2D eigenvalue weighted by Gasteiger charge is -2.25. The van der Waals surface area contributed by atoms with Gasteiger partial charge in [0.05, 0.1) is 31.0 Å². The molecular formula is C25H25N3O7S. The first kappa shape index (κ1) is 24.9. The molecule has 0 fully saturated rings. The van der Waals surface area contributed by atoms with Gasteiger partial charge in [0.1, 0.15) is 18.0 Å². The van der Waals surface area contributed by atoms with Crippen LogP contribution in [0.3, 0.4) is 0 Å². The molecule has 10 nitrogen and oxygen atoms in total. The van der Waals surface area contributed by atoms with Crippen LogP contribution in [0.4, 0.5) is 5.69 Å². The fraction of sp³-hybridized carbons (Fsp3) is 0.200. The summed E-state index contributed by atoms with van der Waals surface area (Å²) in [5, 5.41) is 3.96. The Labute approximate surface area is 209 Å². The third-order valence-electron chi connectivity index (χ3n) is 5.35. The highest BCUT2D eigenvalue weighted by Gasteiger charge is 2.29. The number of sulfonamides is 1. The van der Waals surface area contributed by atoms with Crippen molar-refractivity contribution < 1.29 is 32.2 Å². The van der Waals surface area contributed by atoms with Crippen molar-refractivity contribution in [2.75, 3.05) is 31.9 Å². The van der Waals surface area contributed by atoms with Gasteiger partial charge < -0.3 is 18.9 Å². The molecule has 0 radical (unpaired) electrons. The van der Waals surface area contributed by atoms with E-state index >= 15 is 0 Å².